The van der Waals surface area contributed by atoms with Gasteiger partial charge < -0.3 is 4.90 Å². The van der Waals surface area contributed by atoms with Crippen LogP contribution in [0.1, 0.15) is 44.5 Å². The second-order valence-electron chi connectivity index (χ2n) is 11.6. The van der Waals surface area contributed by atoms with E-state index in [1.807, 2.05) is 11.9 Å². The third-order valence-electron chi connectivity index (χ3n) is 8.20. The molecule has 0 radical (unpaired) electrons. The van der Waals surface area contributed by atoms with Crippen LogP contribution in [0.3, 0.4) is 0 Å². The van der Waals surface area contributed by atoms with Gasteiger partial charge >= 0.3 is 0 Å². The fraction of sp³-hybridized carbons (Fsp3) is 0.424. The van der Waals surface area contributed by atoms with E-state index in [0.29, 0.717) is 6.54 Å². The SMILES string of the molecule is Cc1cc(C)cc(CN2CCN(C3(C(=O)N(C)Cc4cc(C)cc(C)c4)Cc4ccccc4C3)CC2)c1. The molecule has 1 saturated heterocycles. The third kappa shape index (κ3) is 5.51. The highest BCUT2D eigenvalue weighted by Crippen LogP contribution is 2.37. The molecule has 0 bridgehead atoms. The molecule has 4 heteroatoms. The molecule has 1 heterocycles. The second-order valence-corrected chi connectivity index (χ2v) is 11.6. The molecule has 194 valence electrons. The molecule has 37 heavy (non-hydrogen) atoms. The van der Waals surface area contributed by atoms with Crippen molar-refractivity contribution in [1.82, 2.24) is 14.7 Å². The highest BCUT2D eigenvalue weighted by atomic mass is 16.2. The zero-order valence-corrected chi connectivity index (χ0v) is 23.2. The van der Waals surface area contributed by atoms with Crippen LogP contribution in [0.25, 0.3) is 0 Å². The lowest BCUT2D eigenvalue weighted by Gasteiger charge is -2.46. The monoisotopic (exact) mass is 495 g/mol. The van der Waals surface area contributed by atoms with Gasteiger partial charge in [0.25, 0.3) is 0 Å². The average Bonchev–Trinajstić information content (AvgIpc) is 3.23. The summed E-state index contributed by atoms with van der Waals surface area (Å²) in [6.45, 7) is 14.0. The molecular formula is C33H41N3O. The van der Waals surface area contributed by atoms with Crippen molar-refractivity contribution in [3.63, 3.8) is 0 Å². The number of carbonyl (C=O) groups excluding carboxylic acids is 1. The third-order valence-corrected chi connectivity index (χ3v) is 8.20. The number of rotatable bonds is 6. The summed E-state index contributed by atoms with van der Waals surface area (Å²) in [6.07, 6.45) is 1.60. The molecule has 4 nitrogen and oxygen atoms in total. The van der Waals surface area contributed by atoms with Crippen LogP contribution in [0.2, 0.25) is 0 Å². The molecule has 3 aromatic rings. The number of carbonyl (C=O) groups is 1. The lowest BCUT2D eigenvalue weighted by molar-refractivity contribution is -0.145. The quantitative estimate of drug-likeness (QED) is 0.468. The predicted octanol–water partition coefficient (Wildman–Crippen LogP) is 5.23. The predicted molar refractivity (Wildman–Crippen MR) is 152 cm³/mol. The van der Waals surface area contributed by atoms with Gasteiger partial charge in [0.1, 0.15) is 5.54 Å². The standard InChI is InChI=1S/C33H41N3O/c1-24-14-25(2)17-28(16-24)22-34(5)32(37)33(20-30-8-6-7-9-31(30)21-33)36-12-10-35(11-13-36)23-29-18-26(3)15-27(4)19-29/h6-9,14-19H,10-13,20-23H2,1-5H3. The molecule has 0 atom stereocenters. The van der Waals surface area contributed by atoms with Crippen molar-refractivity contribution in [2.24, 2.45) is 0 Å². The molecule has 0 N–H and O–H groups in total. The summed E-state index contributed by atoms with van der Waals surface area (Å²) in [5.74, 6) is 0.255. The molecule has 0 unspecified atom stereocenters. The molecule has 5 rings (SSSR count). The van der Waals surface area contributed by atoms with Crippen molar-refractivity contribution < 1.29 is 4.79 Å². The first-order valence-electron chi connectivity index (χ1n) is 13.7. The normalized spacial score (nSPS) is 17.5. The topological polar surface area (TPSA) is 26.8 Å². The van der Waals surface area contributed by atoms with Gasteiger partial charge in [-0.25, -0.2) is 0 Å². The Labute approximate surface area is 222 Å². The zero-order chi connectivity index (χ0) is 26.2. The van der Waals surface area contributed by atoms with Crippen molar-refractivity contribution >= 4 is 5.91 Å². The molecule has 0 aromatic heterocycles. The molecule has 1 aliphatic carbocycles. The van der Waals surface area contributed by atoms with E-state index in [4.69, 9.17) is 0 Å². The largest absolute Gasteiger partial charge is 0.340 e. The van der Waals surface area contributed by atoms with E-state index < -0.39 is 5.54 Å². The summed E-state index contributed by atoms with van der Waals surface area (Å²) in [7, 11) is 1.99. The fourth-order valence-corrected chi connectivity index (χ4v) is 6.72. The van der Waals surface area contributed by atoms with Gasteiger partial charge in [-0.3, -0.25) is 14.6 Å². The van der Waals surface area contributed by atoms with Gasteiger partial charge in [-0.15, -0.1) is 0 Å². The van der Waals surface area contributed by atoms with Crippen molar-refractivity contribution in [1.29, 1.82) is 0 Å². The van der Waals surface area contributed by atoms with Gasteiger partial charge in [-0.05, 0) is 49.9 Å². The van der Waals surface area contributed by atoms with Crippen LogP contribution in [-0.2, 0) is 30.7 Å². The average molecular weight is 496 g/mol. The minimum absolute atomic E-state index is 0.255. The maximum absolute atomic E-state index is 14.3. The van der Waals surface area contributed by atoms with Crippen LogP contribution < -0.4 is 0 Å². The Morgan fingerprint density at radius 3 is 1.76 bits per heavy atom. The number of amides is 1. The van der Waals surface area contributed by atoms with Crippen LogP contribution in [0.5, 0.6) is 0 Å². The van der Waals surface area contributed by atoms with E-state index in [-0.39, 0.29) is 5.91 Å². The van der Waals surface area contributed by atoms with Crippen molar-refractivity contribution in [2.45, 2.75) is 59.2 Å². The number of hydrogen-bond acceptors (Lipinski definition) is 3. The summed E-state index contributed by atoms with van der Waals surface area (Å²) in [5.41, 5.74) is 9.90. The van der Waals surface area contributed by atoms with E-state index in [2.05, 4.69) is 98.2 Å². The van der Waals surface area contributed by atoms with E-state index in [1.165, 1.54) is 44.5 Å². The minimum Gasteiger partial charge on any atom is -0.340 e. The molecule has 1 aliphatic heterocycles. The Hall–Kier alpha value is -2.95. The number of fused-ring (bicyclic) bond motifs is 1. The number of piperazine rings is 1. The summed E-state index contributed by atoms with van der Waals surface area (Å²) >= 11 is 0. The van der Waals surface area contributed by atoms with Crippen LogP contribution in [-0.4, -0.2) is 59.4 Å². The van der Waals surface area contributed by atoms with E-state index >= 15 is 0 Å². The van der Waals surface area contributed by atoms with E-state index in [9.17, 15) is 4.79 Å². The Balaban J connectivity index is 1.34. The van der Waals surface area contributed by atoms with E-state index in [0.717, 1.165) is 45.6 Å². The molecule has 1 fully saturated rings. The maximum Gasteiger partial charge on any atom is 0.243 e. The van der Waals surface area contributed by atoms with Gasteiger partial charge in [-0.2, -0.15) is 0 Å². The first-order valence-corrected chi connectivity index (χ1v) is 13.7. The second kappa shape index (κ2) is 10.4. The smallest absolute Gasteiger partial charge is 0.243 e. The first-order chi connectivity index (χ1) is 17.7. The van der Waals surface area contributed by atoms with Crippen LogP contribution in [0, 0.1) is 27.7 Å². The van der Waals surface area contributed by atoms with Gasteiger partial charge in [0.2, 0.25) is 5.91 Å². The summed E-state index contributed by atoms with van der Waals surface area (Å²) in [4.78, 5) is 21.4. The maximum atomic E-state index is 14.3. The lowest BCUT2D eigenvalue weighted by atomic mass is 9.90. The highest BCUT2D eigenvalue weighted by Gasteiger charge is 2.50. The Morgan fingerprint density at radius 2 is 1.24 bits per heavy atom. The number of hydrogen-bond donors (Lipinski definition) is 0. The van der Waals surface area contributed by atoms with Crippen LogP contribution in [0.15, 0.2) is 60.7 Å². The minimum atomic E-state index is -0.497. The molecule has 2 aliphatic rings. The summed E-state index contributed by atoms with van der Waals surface area (Å²) in [5, 5.41) is 0. The number of likely N-dealkylation sites (N-methyl/N-ethyl adjacent to an activating group) is 1. The van der Waals surface area contributed by atoms with Gasteiger partial charge in [0.15, 0.2) is 0 Å². The Kier molecular flexibility index (Phi) is 7.24. The van der Waals surface area contributed by atoms with Crippen molar-refractivity contribution in [3.05, 3.63) is 105 Å². The van der Waals surface area contributed by atoms with Crippen LogP contribution in [0.4, 0.5) is 0 Å². The van der Waals surface area contributed by atoms with Crippen molar-refractivity contribution in [2.75, 3.05) is 33.2 Å². The first kappa shape index (κ1) is 25.7. The zero-order valence-electron chi connectivity index (χ0n) is 23.2. The highest BCUT2D eigenvalue weighted by molar-refractivity contribution is 5.88. The van der Waals surface area contributed by atoms with Gasteiger partial charge in [-0.1, -0.05) is 82.9 Å². The number of aryl methyl sites for hydroxylation is 4. The molecular weight excluding hydrogens is 454 g/mol. The molecule has 0 saturated carbocycles. The molecule has 1 amide bonds. The summed E-state index contributed by atoms with van der Waals surface area (Å²) < 4.78 is 0. The Morgan fingerprint density at radius 1 is 0.757 bits per heavy atom. The molecule has 0 spiro atoms. The molecule has 3 aromatic carbocycles. The number of nitrogens with zero attached hydrogens (tertiary/aromatic N) is 3. The lowest BCUT2D eigenvalue weighted by Crippen LogP contribution is -2.64. The number of benzene rings is 3. The van der Waals surface area contributed by atoms with Gasteiger partial charge in [0.05, 0.1) is 0 Å². The van der Waals surface area contributed by atoms with Crippen molar-refractivity contribution in [3.8, 4) is 0 Å². The Bertz CT molecular complexity index is 1220. The van der Waals surface area contributed by atoms with E-state index in [1.54, 1.807) is 0 Å². The summed E-state index contributed by atoms with van der Waals surface area (Å²) in [6, 6.07) is 22.1. The fourth-order valence-electron chi connectivity index (χ4n) is 6.72. The van der Waals surface area contributed by atoms with Crippen LogP contribution >= 0.6 is 0 Å². The van der Waals surface area contributed by atoms with Gasteiger partial charge in [0, 0.05) is 59.2 Å².